The maximum Gasteiger partial charge on any atom is 0.166 e. The first kappa shape index (κ1) is 26.2. The molecule has 0 aromatic heterocycles. The fraction of sp³-hybridized carbons (Fsp3) is 0.355. The summed E-state index contributed by atoms with van der Waals surface area (Å²) in [7, 11) is 0. The molecule has 1 saturated heterocycles. The molecule has 0 unspecified atom stereocenters. The number of halogens is 3. The first-order valence-electron chi connectivity index (χ1n) is 12.7. The van der Waals surface area contributed by atoms with Crippen LogP contribution in [-0.2, 0) is 22.3 Å². The maximum absolute atomic E-state index is 14.6. The average Bonchev–Trinajstić information content (AvgIpc) is 2.88. The van der Waals surface area contributed by atoms with Crippen LogP contribution in [-0.4, -0.2) is 19.5 Å². The third-order valence-electron chi connectivity index (χ3n) is 6.58. The number of aryl methyl sites for hydroxylation is 1. The zero-order chi connectivity index (χ0) is 25.5. The van der Waals surface area contributed by atoms with Gasteiger partial charge < -0.3 is 9.47 Å². The largest absolute Gasteiger partial charge is 0.352 e. The van der Waals surface area contributed by atoms with E-state index < -0.39 is 11.6 Å². The molecule has 190 valence electrons. The monoisotopic (exact) mass is 494 g/mol. The van der Waals surface area contributed by atoms with Gasteiger partial charge in [0, 0.05) is 17.9 Å². The molecule has 5 heteroatoms. The van der Waals surface area contributed by atoms with E-state index >= 15 is 0 Å². The maximum atomic E-state index is 14.6. The highest BCUT2D eigenvalue weighted by Gasteiger charge is 2.24. The molecule has 1 aliphatic heterocycles. The Hall–Kier alpha value is -2.89. The fourth-order valence-electron chi connectivity index (χ4n) is 4.63. The Morgan fingerprint density at radius 3 is 2.33 bits per heavy atom. The first-order chi connectivity index (χ1) is 17.5. The van der Waals surface area contributed by atoms with Crippen LogP contribution in [0, 0.1) is 17.5 Å². The summed E-state index contributed by atoms with van der Waals surface area (Å²) < 4.78 is 55.2. The van der Waals surface area contributed by atoms with Crippen LogP contribution >= 0.6 is 0 Å². The molecule has 0 saturated carbocycles. The van der Waals surface area contributed by atoms with E-state index in [0.717, 1.165) is 36.0 Å². The molecule has 0 amide bonds. The van der Waals surface area contributed by atoms with E-state index in [-0.39, 0.29) is 23.6 Å². The average molecular weight is 495 g/mol. The van der Waals surface area contributed by atoms with Gasteiger partial charge in [0.2, 0.25) is 0 Å². The van der Waals surface area contributed by atoms with Gasteiger partial charge in [-0.05, 0) is 66.1 Å². The minimum Gasteiger partial charge on any atom is -0.352 e. The SMILES string of the molecule is C/C=C/CCC1OCC(c2cc(F)cc(Cc3ccc(-c4ccc(CCC)c(F)c4F)cc3)c2)CO1. The smallest absolute Gasteiger partial charge is 0.166 e. The zero-order valence-corrected chi connectivity index (χ0v) is 20.9. The lowest BCUT2D eigenvalue weighted by Gasteiger charge is -2.29. The van der Waals surface area contributed by atoms with Crippen LogP contribution < -0.4 is 0 Å². The number of allylic oxidation sites excluding steroid dienone is 2. The number of rotatable bonds is 9. The summed E-state index contributed by atoms with van der Waals surface area (Å²) in [4.78, 5) is 0. The van der Waals surface area contributed by atoms with Gasteiger partial charge in [0.1, 0.15) is 5.82 Å². The van der Waals surface area contributed by atoms with Gasteiger partial charge >= 0.3 is 0 Å². The number of hydrogen-bond acceptors (Lipinski definition) is 2. The van der Waals surface area contributed by atoms with Crippen LogP contribution in [0.5, 0.6) is 0 Å². The van der Waals surface area contributed by atoms with E-state index in [9.17, 15) is 13.2 Å². The van der Waals surface area contributed by atoms with Crippen molar-refractivity contribution in [2.75, 3.05) is 13.2 Å². The molecule has 0 radical (unpaired) electrons. The highest BCUT2D eigenvalue weighted by molar-refractivity contribution is 5.65. The van der Waals surface area contributed by atoms with Gasteiger partial charge in [0.25, 0.3) is 0 Å². The molecule has 1 heterocycles. The highest BCUT2D eigenvalue weighted by Crippen LogP contribution is 2.29. The lowest BCUT2D eigenvalue weighted by Crippen LogP contribution is -2.30. The van der Waals surface area contributed by atoms with Gasteiger partial charge in [0.15, 0.2) is 17.9 Å². The minimum atomic E-state index is -0.815. The summed E-state index contributed by atoms with van der Waals surface area (Å²) in [5.41, 5.74) is 3.91. The van der Waals surface area contributed by atoms with Gasteiger partial charge in [-0.15, -0.1) is 0 Å². The van der Waals surface area contributed by atoms with Crippen LogP contribution in [0.25, 0.3) is 11.1 Å². The second kappa shape index (κ2) is 12.4. The summed E-state index contributed by atoms with van der Waals surface area (Å²) in [5, 5.41) is 0. The molecule has 2 nitrogen and oxygen atoms in total. The van der Waals surface area contributed by atoms with Crippen LogP contribution in [0.4, 0.5) is 13.2 Å². The quantitative estimate of drug-likeness (QED) is 0.280. The number of hydrogen-bond donors (Lipinski definition) is 0. The van der Waals surface area contributed by atoms with Gasteiger partial charge in [-0.1, -0.05) is 68.0 Å². The van der Waals surface area contributed by atoms with Crippen molar-refractivity contribution < 1.29 is 22.6 Å². The highest BCUT2D eigenvalue weighted by atomic mass is 19.2. The molecular weight excluding hydrogens is 461 g/mol. The second-order valence-electron chi connectivity index (χ2n) is 9.36. The molecule has 3 aromatic carbocycles. The normalized spacial score (nSPS) is 18.1. The molecule has 4 rings (SSSR count). The second-order valence-corrected chi connectivity index (χ2v) is 9.36. The number of ether oxygens (including phenoxy) is 2. The van der Waals surface area contributed by atoms with Gasteiger partial charge in [-0.25, -0.2) is 13.2 Å². The van der Waals surface area contributed by atoms with Crippen molar-refractivity contribution >= 4 is 0 Å². The van der Waals surface area contributed by atoms with Crippen molar-refractivity contribution in [1.82, 2.24) is 0 Å². The Morgan fingerprint density at radius 2 is 1.64 bits per heavy atom. The van der Waals surface area contributed by atoms with E-state index in [0.29, 0.717) is 37.2 Å². The van der Waals surface area contributed by atoms with Crippen molar-refractivity contribution in [2.24, 2.45) is 0 Å². The van der Waals surface area contributed by atoms with E-state index in [1.807, 2.05) is 38.1 Å². The predicted molar refractivity (Wildman–Crippen MR) is 137 cm³/mol. The lowest BCUT2D eigenvalue weighted by atomic mass is 9.94. The van der Waals surface area contributed by atoms with E-state index in [4.69, 9.17) is 9.47 Å². The Bertz CT molecular complexity index is 1180. The van der Waals surface area contributed by atoms with Crippen molar-refractivity contribution in [3.8, 4) is 11.1 Å². The van der Waals surface area contributed by atoms with Gasteiger partial charge in [-0.2, -0.15) is 0 Å². The van der Waals surface area contributed by atoms with Gasteiger partial charge in [-0.3, -0.25) is 0 Å². The predicted octanol–water partition coefficient (Wildman–Crippen LogP) is 8.13. The van der Waals surface area contributed by atoms with E-state index in [1.165, 1.54) is 6.07 Å². The number of benzene rings is 3. The third-order valence-corrected chi connectivity index (χ3v) is 6.58. The lowest BCUT2D eigenvalue weighted by molar-refractivity contribution is -0.189. The van der Waals surface area contributed by atoms with E-state index in [2.05, 4.69) is 6.08 Å². The van der Waals surface area contributed by atoms with Crippen LogP contribution in [0.15, 0.2) is 66.7 Å². The van der Waals surface area contributed by atoms with Crippen molar-refractivity contribution in [1.29, 1.82) is 0 Å². The van der Waals surface area contributed by atoms with Gasteiger partial charge in [0.05, 0.1) is 13.2 Å². The summed E-state index contributed by atoms with van der Waals surface area (Å²) >= 11 is 0. The van der Waals surface area contributed by atoms with Crippen molar-refractivity contribution in [3.63, 3.8) is 0 Å². The standard InChI is InChI=1S/C31H33F3O2/c1-3-5-6-8-29-35-19-26(20-36-29)25-16-22(17-27(32)18-25)15-21-9-11-23(12-10-21)28-14-13-24(7-4-2)30(33)31(28)34/h3,5,9-14,16-18,26,29H,4,6-8,15,19-20H2,1-2H3/b5-3+. The molecule has 0 spiro atoms. The molecular formula is C31H33F3O2. The van der Waals surface area contributed by atoms with E-state index in [1.54, 1.807) is 30.3 Å². The van der Waals surface area contributed by atoms with Crippen molar-refractivity contribution in [3.05, 3.63) is 106 Å². The summed E-state index contributed by atoms with van der Waals surface area (Å²) in [6, 6.07) is 15.7. The van der Waals surface area contributed by atoms with Crippen LogP contribution in [0.3, 0.4) is 0 Å². The third kappa shape index (κ3) is 6.45. The Labute approximate surface area is 211 Å². The molecule has 1 aliphatic rings. The molecule has 0 bridgehead atoms. The summed E-state index contributed by atoms with van der Waals surface area (Å²) in [5.74, 6) is -1.90. The Morgan fingerprint density at radius 1 is 0.889 bits per heavy atom. The Kier molecular flexibility index (Phi) is 9.00. The molecule has 0 N–H and O–H groups in total. The minimum absolute atomic E-state index is 0.0201. The zero-order valence-electron chi connectivity index (χ0n) is 20.9. The van der Waals surface area contributed by atoms with Crippen LogP contribution in [0.1, 0.15) is 61.3 Å². The molecule has 3 aromatic rings. The molecule has 0 aliphatic carbocycles. The molecule has 1 fully saturated rings. The van der Waals surface area contributed by atoms with Crippen LogP contribution in [0.2, 0.25) is 0 Å². The van der Waals surface area contributed by atoms with Crippen molar-refractivity contribution in [2.45, 2.75) is 58.2 Å². The summed E-state index contributed by atoms with van der Waals surface area (Å²) in [6.07, 6.45) is 7.38. The molecule has 36 heavy (non-hydrogen) atoms. The fourth-order valence-corrected chi connectivity index (χ4v) is 4.63. The Balaban J connectivity index is 1.43. The molecule has 0 atom stereocenters. The first-order valence-corrected chi connectivity index (χ1v) is 12.7. The summed E-state index contributed by atoms with van der Waals surface area (Å²) in [6.45, 7) is 4.92. The topological polar surface area (TPSA) is 18.5 Å².